The fourth-order valence-electron chi connectivity index (χ4n) is 5.37. The van der Waals surface area contributed by atoms with Crippen LogP contribution in [0.25, 0.3) is 0 Å². The second-order valence-electron chi connectivity index (χ2n) is 7.33. The van der Waals surface area contributed by atoms with E-state index in [2.05, 4.69) is 15.2 Å². The third-order valence-corrected chi connectivity index (χ3v) is 6.66. The predicted octanol–water partition coefficient (Wildman–Crippen LogP) is 2.65. The van der Waals surface area contributed by atoms with Gasteiger partial charge in [-0.15, -0.1) is 5.10 Å². The SMILES string of the molecule is C[C@@H](Sc1n[nH]c(N)n1)C(=O)C12CC3CC(CC(C3)C1)C2. The molecule has 0 amide bonds. The van der Waals surface area contributed by atoms with E-state index in [9.17, 15) is 4.79 Å². The standard InChI is InChI=1S/C15H22N4OS/c1-8(21-14-17-13(16)18-19-14)12(20)15-5-9-2-10(6-15)4-11(3-9)7-15/h8-11H,2-7H2,1H3,(H3,16,17,18,19)/t8-,9?,10?,11?,15?/m1/s1. The molecule has 0 saturated heterocycles. The van der Waals surface area contributed by atoms with Crippen LogP contribution >= 0.6 is 11.8 Å². The van der Waals surface area contributed by atoms with Crippen molar-refractivity contribution in [2.75, 3.05) is 5.73 Å². The van der Waals surface area contributed by atoms with Gasteiger partial charge < -0.3 is 5.73 Å². The molecule has 1 aromatic rings. The van der Waals surface area contributed by atoms with Crippen LogP contribution in [-0.4, -0.2) is 26.2 Å². The lowest BCUT2D eigenvalue weighted by Gasteiger charge is -2.56. The highest BCUT2D eigenvalue weighted by molar-refractivity contribution is 8.00. The van der Waals surface area contributed by atoms with Crippen LogP contribution in [0.4, 0.5) is 5.95 Å². The first kappa shape index (κ1) is 13.6. The molecule has 5 rings (SSSR count). The second kappa shape index (κ2) is 4.73. The van der Waals surface area contributed by atoms with Gasteiger partial charge in [0.2, 0.25) is 11.1 Å². The number of aromatic amines is 1. The number of anilines is 1. The van der Waals surface area contributed by atoms with Gasteiger partial charge in [-0.1, -0.05) is 11.8 Å². The third kappa shape index (κ3) is 2.28. The summed E-state index contributed by atoms with van der Waals surface area (Å²) in [4.78, 5) is 17.2. The lowest BCUT2D eigenvalue weighted by molar-refractivity contribution is -0.142. The molecule has 5 nitrogen and oxygen atoms in total. The zero-order chi connectivity index (χ0) is 14.6. The van der Waals surface area contributed by atoms with Crippen molar-refractivity contribution in [1.82, 2.24) is 15.2 Å². The molecule has 21 heavy (non-hydrogen) atoms. The quantitative estimate of drug-likeness (QED) is 0.835. The summed E-state index contributed by atoms with van der Waals surface area (Å²) in [6.07, 6.45) is 7.47. The topological polar surface area (TPSA) is 84.7 Å². The number of hydrogen-bond acceptors (Lipinski definition) is 5. The first-order chi connectivity index (χ1) is 10.0. The summed E-state index contributed by atoms with van der Waals surface area (Å²) in [6.45, 7) is 2.00. The minimum atomic E-state index is -0.0866. The van der Waals surface area contributed by atoms with E-state index < -0.39 is 0 Å². The molecule has 6 heteroatoms. The number of hydrogen-bond donors (Lipinski definition) is 2. The number of H-pyrrole nitrogens is 1. The highest BCUT2D eigenvalue weighted by Crippen LogP contribution is 2.61. The highest BCUT2D eigenvalue weighted by Gasteiger charge is 2.55. The summed E-state index contributed by atoms with van der Waals surface area (Å²) in [5, 5.41) is 7.16. The van der Waals surface area contributed by atoms with Gasteiger partial charge in [0.15, 0.2) is 5.78 Å². The number of aromatic nitrogens is 3. The van der Waals surface area contributed by atoms with Crippen molar-refractivity contribution in [2.24, 2.45) is 23.2 Å². The highest BCUT2D eigenvalue weighted by atomic mass is 32.2. The van der Waals surface area contributed by atoms with Gasteiger partial charge in [0.25, 0.3) is 0 Å². The van der Waals surface area contributed by atoms with Crippen LogP contribution in [0.15, 0.2) is 5.16 Å². The summed E-state index contributed by atoms with van der Waals surface area (Å²) < 4.78 is 0. The normalized spacial score (nSPS) is 38.6. The molecule has 4 bridgehead atoms. The average Bonchev–Trinajstić information content (AvgIpc) is 2.81. The van der Waals surface area contributed by atoms with Gasteiger partial charge in [-0.2, -0.15) is 4.98 Å². The van der Waals surface area contributed by atoms with Crippen LogP contribution in [0.1, 0.15) is 45.4 Å². The lowest BCUT2D eigenvalue weighted by Crippen LogP contribution is -2.51. The Hall–Kier alpha value is -1.04. The molecule has 4 fully saturated rings. The van der Waals surface area contributed by atoms with E-state index >= 15 is 0 Å². The van der Waals surface area contributed by atoms with Gasteiger partial charge in [-0.3, -0.25) is 4.79 Å². The van der Waals surface area contributed by atoms with E-state index in [-0.39, 0.29) is 10.7 Å². The van der Waals surface area contributed by atoms with Crippen LogP contribution in [0, 0.1) is 23.2 Å². The summed E-state index contributed by atoms with van der Waals surface area (Å²) in [7, 11) is 0. The molecule has 3 N–H and O–H groups in total. The average molecular weight is 306 g/mol. The molecule has 0 spiro atoms. The number of nitrogens with one attached hydrogen (secondary N) is 1. The van der Waals surface area contributed by atoms with E-state index in [0.29, 0.717) is 16.9 Å². The van der Waals surface area contributed by atoms with Crippen LogP contribution in [-0.2, 0) is 4.79 Å². The number of Topliss-reactive ketones (excluding diaryl/α,β-unsaturated/α-hetero) is 1. The molecule has 4 aliphatic rings. The molecule has 0 aliphatic heterocycles. The number of ketones is 1. The van der Waals surface area contributed by atoms with Gasteiger partial charge >= 0.3 is 0 Å². The number of thioether (sulfide) groups is 1. The first-order valence-electron chi connectivity index (χ1n) is 7.93. The molecular formula is C15H22N4OS. The summed E-state index contributed by atoms with van der Waals surface area (Å²) in [5.74, 6) is 3.14. The van der Waals surface area contributed by atoms with Crippen molar-refractivity contribution in [2.45, 2.75) is 55.9 Å². The van der Waals surface area contributed by atoms with E-state index in [1.165, 1.54) is 31.0 Å². The minimum Gasteiger partial charge on any atom is -0.368 e. The van der Waals surface area contributed by atoms with Crippen molar-refractivity contribution in [1.29, 1.82) is 0 Å². The van der Waals surface area contributed by atoms with Crippen molar-refractivity contribution >= 4 is 23.5 Å². The monoisotopic (exact) mass is 306 g/mol. The van der Waals surface area contributed by atoms with Crippen LogP contribution in [0.3, 0.4) is 0 Å². The largest absolute Gasteiger partial charge is 0.368 e. The molecule has 114 valence electrons. The number of carbonyl (C=O) groups is 1. The number of rotatable bonds is 4. The molecule has 4 saturated carbocycles. The summed E-state index contributed by atoms with van der Waals surface area (Å²) in [6, 6.07) is 0. The van der Waals surface area contributed by atoms with Crippen LogP contribution in [0.2, 0.25) is 0 Å². The first-order valence-corrected chi connectivity index (χ1v) is 8.81. The Morgan fingerprint density at radius 3 is 2.33 bits per heavy atom. The molecule has 4 aliphatic carbocycles. The zero-order valence-electron chi connectivity index (χ0n) is 12.3. The van der Waals surface area contributed by atoms with Crippen molar-refractivity contribution in [3.05, 3.63) is 0 Å². The van der Waals surface area contributed by atoms with Gasteiger partial charge in [0.1, 0.15) is 0 Å². The lowest BCUT2D eigenvalue weighted by atomic mass is 9.48. The molecule has 1 heterocycles. The van der Waals surface area contributed by atoms with E-state index in [0.717, 1.165) is 37.0 Å². The number of carbonyl (C=O) groups excluding carboxylic acids is 1. The maximum absolute atomic E-state index is 13.1. The van der Waals surface area contributed by atoms with Crippen LogP contribution < -0.4 is 5.73 Å². The second-order valence-corrected chi connectivity index (χ2v) is 8.63. The van der Waals surface area contributed by atoms with Gasteiger partial charge in [0.05, 0.1) is 5.25 Å². The van der Waals surface area contributed by atoms with Crippen molar-refractivity contribution in [3.8, 4) is 0 Å². The van der Waals surface area contributed by atoms with Crippen LogP contribution in [0.5, 0.6) is 0 Å². The Morgan fingerprint density at radius 1 is 1.29 bits per heavy atom. The molecule has 0 unspecified atom stereocenters. The third-order valence-electron chi connectivity index (χ3n) is 5.69. The number of nitrogens with two attached hydrogens (primary N) is 1. The van der Waals surface area contributed by atoms with E-state index in [1.807, 2.05) is 6.92 Å². The fraction of sp³-hybridized carbons (Fsp3) is 0.800. The molecular weight excluding hydrogens is 284 g/mol. The van der Waals surface area contributed by atoms with Crippen molar-refractivity contribution < 1.29 is 4.79 Å². The predicted molar refractivity (Wildman–Crippen MR) is 81.7 cm³/mol. The molecule has 0 radical (unpaired) electrons. The fourth-order valence-corrected chi connectivity index (χ4v) is 6.29. The van der Waals surface area contributed by atoms with Gasteiger partial charge in [-0.25, -0.2) is 5.10 Å². The summed E-state index contributed by atoms with van der Waals surface area (Å²) in [5.41, 5.74) is 5.51. The molecule has 1 atom stereocenters. The summed E-state index contributed by atoms with van der Waals surface area (Å²) >= 11 is 1.44. The zero-order valence-corrected chi connectivity index (χ0v) is 13.2. The van der Waals surface area contributed by atoms with E-state index in [4.69, 9.17) is 5.73 Å². The van der Waals surface area contributed by atoms with Crippen molar-refractivity contribution in [3.63, 3.8) is 0 Å². The van der Waals surface area contributed by atoms with Gasteiger partial charge in [-0.05, 0) is 63.2 Å². The molecule has 1 aromatic heterocycles. The minimum absolute atomic E-state index is 0.0387. The Balaban J connectivity index is 1.51. The Kier molecular flexibility index (Phi) is 3.07. The Morgan fingerprint density at radius 2 is 1.86 bits per heavy atom. The maximum Gasteiger partial charge on any atom is 0.216 e. The smallest absolute Gasteiger partial charge is 0.216 e. The van der Waals surface area contributed by atoms with E-state index in [1.54, 1.807) is 0 Å². The molecule has 0 aromatic carbocycles. The van der Waals surface area contributed by atoms with Gasteiger partial charge in [0, 0.05) is 5.41 Å². The Bertz CT molecular complexity index is 534. The maximum atomic E-state index is 13.1. The number of nitrogens with zero attached hydrogens (tertiary/aromatic N) is 2. The Labute approximate surface area is 128 Å². The number of nitrogen functional groups attached to an aromatic ring is 1.